The number of hydrogen-bond acceptors (Lipinski definition) is 14. The Bertz CT molecular complexity index is 3180. The minimum atomic E-state index is -3.32. The molecule has 2 aromatic heterocycles. The fraction of sp³-hybridized carbons (Fsp3) is 0.609. The van der Waals surface area contributed by atoms with Crippen LogP contribution in [0.1, 0.15) is 173 Å². The van der Waals surface area contributed by atoms with Crippen LogP contribution in [0.4, 0.5) is 0 Å². The molecule has 0 radical (unpaired) electrons. The molecule has 0 amide bonds. The third-order valence-electron chi connectivity index (χ3n) is 18.2. The van der Waals surface area contributed by atoms with Crippen molar-refractivity contribution in [3.8, 4) is 17.6 Å². The molecule has 8 atom stereocenters. The van der Waals surface area contributed by atoms with Crippen LogP contribution in [0.15, 0.2) is 123 Å². The number of unbranched alkanes of at least 4 members (excludes halogenated alkanes) is 14. The Balaban J connectivity index is 1.25. The van der Waals surface area contributed by atoms with Crippen molar-refractivity contribution in [2.24, 2.45) is 5.92 Å². The Hall–Kier alpha value is -5.94. The van der Waals surface area contributed by atoms with E-state index in [4.69, 9.17) is 33.2 Å². The van der Waals surface area contributed by atoms with Crippen LogP contribution in [0, 0.1) is 17.2 Å². The number of hydrogen-bond donors (Lipinski definition) is 2. The molecule has 0 unspecified atom stereocenters. The van der Waals surface area contributed by atoms with Gasteiger partial charge in [0.25, 0.3) is 11.1 Å². The second-order valence-corrected chi connectivity index (χ2v) is 28.4. The van der Waals surface area contributed by atoms with Crippen molar-refractivity contribution in [1.29, 1.82) is 5.26 Å². The normalized spacial score (nSPS) is 20.5. The molecular weight excluding hydrogens is 1150 g/mol. The van der Waals surface area contributed by atoms with Gasteiger partial charge in [0.05, 0.1) is 45.1 Å². The number of nitrogens with one attached hydrogen (secondary N) is 2. The summed E-state index contributed by atoms with van der Waals surface area (Å²) < 4.78 is 66.3. The number of nitrogens with zero attached hydrogens (tertiary/aromatic N) is 5. The van der Waals surface area contributed by atoms with Gasteiger partial charge in [0.2, 0.25) is 0 Å². The summed E-state index contributed by atoms with van der Waals surface area (Å²) in [5, 5.41) is 10.2. The van der Waals surface area contributed by atoms with Gasteiger partial charge in [0.15, 0.2) is 19.7 Å². The number of ether oxygens (including phenoxy) is 7. The number of methoxy groups -OCH3 is 4. The number of H-pyrrole nitrogens is 2. The molecule has 19 nitrogen and oxygen atoms in total. The molecule has 488 valence electrons. The fourth-order valence-electron chi connectivity index (χ4n) is 13.5. The van der Waals surface area contributed by atoms with Crippen molar-refractivity contribution in [3.63, 3.8) is 0 Å². The van der Waals surface area contributed by atoms with E-state index < -0.39 is 84.2 Å². The maximum Gasteiger partial charge on any atom is 0.330 e. The summed E-state index contributed by atoms with van der Waals surface area (Å²) in [4.78, 5) is 59.7. The zero-order chi connectivity index (χ0) is 63.9. The van der Waals surface area contributed by atoms with E-state index in [9.17, 15) is 24.4 Å². The standard InChI is InChI=1S/C69H100N7O12P/c1-10-11-12-13-14-15-16-17-18-19-20-21-22-23-27-43-73(48-58-62(76(44-28-42-70)89(81,50(2)3)51(4)5)64(85-9)66(87-58)75-47-41-61(78)72-68(75)80)45-39-57-59(88-65(63(57)84-8)74-46-40-60(77)71-67(74)79)49-86-69(52-29-25-24-26-30-52,53-31-35-55(82-6)36-32-53)54-33-37-56(83-7)38-34-54/h24-26,29-38,40-41,46-47,50-51,57-59,62-66H,10-23,27-28,39,43-45,48-49H2,1-9H3,(H,71,77,79)(H,72,78,80)/t57-,58-,59-,62-,63-,64-,65-,66-/m1/s1. The van der Waals surface area contributed by atoms with Crippen molar-refractivity contribution in [3.05, 3.63) is 162 Å². The summed E-state index contributed by atoms with van der Waals surface area (Å²) in [6.07, 6.45) is 16.7. The van der Waals surface area contributed by atoms with Crippen molar-refractivity contribution in [1.82, 2.24) is 28.7 Å². The summed E-state index contributed by atoms with van der Waals surface area (Å²) in [6, 6.07) is 29.7. The number of nitriles is 1. The predicted molar refractivity (Wildman–Crippen MR) is 348 cm³/mol. The summed E-state index contributed by atoms with van der Waals surface area (Å²) in [7, 11) is 3.08. The molecule has 2 N–H and O–H groups in total. The van der Waals surface area contributed by atoms with E-state index >= 15 is 4.57 Å². The zero-order valence-corrected chi connectivity index (χ0v) is 55.1. The summed E-state index contributed by atoms with van der Waals surface area (Å²) >= 11 is 0. The first kappa shape index (κ1) is 70.5. The molecule has 0 spiro atoms. The first-order chi connectivity index (χ1) is 43.1. The van der Waals surface area contributed by atoms with Crippen LogP contribution in [0.5, 0.6) is 11.5 Å². The van der Waals surface area contributed by atoms with Gasteiger partial charge in [-0.05, 0) is 66.9 Å². The molecule has 0 saturated carbocycles. The van der Waals surface area contributed by atoms with Gasteiger partial charge in [-0.15, -0.1) is 0 Å². The van der Waals surface area contributed by atoms with Crippen LogP contribution >= 0.6 is 7.29 Å². The molecule has 2 saturated heterocycles. The fourth-order valence-corrected chi connectivity index (χ4v) is 17.0. The third kappa shape index (κ3) is 17.8. The lowest BCUT2D eigenvalue weighted by atomic mass is 9.79. The molecule has 20 heteroatoms. The van der Waals surface area contributed by atoms with Gasteiger partial charge in [-0.1, -0.05) is 179 Å². The van der Waals surface area contributed by atoms with E-state index in [0.717, 1.165) is 42.4 Å². The minimum absolute atomic E-state index is 0.0115. The highest BCUT2D eigenvalue weighted by Gasteiger charge is 2.55. The highest BCUT2D eigenvalue weighted by molar-refractivity contribution is 7.62. The lowest BCUT2D eigenvalue weighted by Crippen LogP contribution is -2.52. The summed E-state index contributed by atoms with van der Waals surface area (Å²) in [5.74, 6) is 0.917. The van der Waals surface area contributed by atoms with Gasteiger partial charge in [0.1, 0.15) is 29.3 Å². The van der Waals surface area contributed by atoms with Gasteiger partial charge in [-0.3, -0.25) is 28.7 Å². The van der Waals surface area contributed by atoms with Crippen LogP contribution in [0.3, 0.4) is 0 Å². The van der Waals surface area contributed by atoms with Crippen molar-refractivity contribution >= 4 is 7.29 Å². The first-order valence-electron chi connectivity index (χ1n) is 32.5. The van der Waals surface area contributed by atoms with E-state index in [2.05, 4.69) is 27.9 Å². The second-order valence-electron chi connectivity index (χ2n) is 24.5. The van der Waals surface area contributed by atoms with Crippen molar-refractivity contribution in [2.75, 3.05) is 61.2 Å². The Labute approximate surface area is 526 Å². The maximum atomic E-state index is 15.8. The minimum Gasteiger partial charge on any atom is -0.497 e. The SMILES string of the molecule is CCCCCCCCCCCCCCCCCN(CC[C@H]1[C@@H](OC)[C@H](n2ccc(=O)[nH]c2=O)O[C@@H]1COC(c1ccccc1)(c1ccc(OC)cc1)c1ccc(OC)cc1)C[C@H]1O[C@@H](n2ccc(=O)[nH]c2=O)[C@H](OC)[C@@H]1N(CCC#N)P(=O)(C(C)C)C(C)C. The molecular formula is C69H100N7O12P. The number of rotatable bonds is 39. The third-order valence-corrected chi connectivity index (χ3v) is 22.4. The maximum absolute atomic E-state index is 15.8. The second kappa shape index (κ2) is 35.0. The van der Waals surface area contributed by atoms with Crippen molar-refractivity contribution in [2.45, 2.75) is 204 Å². The summed E-state index contributed by atoms with van der Waals surface area (Å²) in [6.45, 7) is 11.6. The van der Waals surface area contributed by atoms with Gasteiger partial charge in [-0.25, -0.2) is 14.3 Å². The molecule has 3 aromatic carbocycles. The van der Waals surface area contributed by atoms with E-state index in [-0.39, 0.29) is 30.9 Å². The van der Waals surface area contributed by atoms with Gasteiger partial charge in [-0.2, -0.15) is 5.26 Å². The molecule has 2 fully saturated rings. The predicted octanol–water partition coefficient (Wildman–Crippen LogP) is 11.8. The smallest absolute Gasteiger partial charge is 0.330 e. The van der Waals surface area contributed by atoms with Crippen LogP contribution in [-0.2, 0) is 33.9 Å². The first-order valence-corrected chi connectivity index (χ1v) is 34.3. The summed E-state index contributed by atoms with van der Waals surface area (Å²) in [5.41, 5.74) is -1.78. The van der Waals surface area contributed by atoms with E-state index in [1.807, 2.05) is 111 Å². The van der Waals surface area contributed by atoms with Crippen molar-refractivity contribution < 1.29 is 37.7 Å². The molecule has 2 aliphatic rings. The molecule has 2 aliphatic heterocycles. The highest BCUT2D eigenvalue weighted by atomic mass is 31.2. The highest BCUT2D eigenvalue weighted by Crippen LogP contribution is 2.61. The Kier molecular flexibility index (Phi) is 27.8. The quantitative estimate of drug-likeness (QED) is 0.0212. The van der Waals surface area contributed by atoms with E-state index in [1.165, 1.54) is 104 Å². The Morgan fingerprint density at radius 2 is 1.06 bits per heavy atom. The van der Waals surface area contributed by atoms with Gasteiger partial charge >= 0.3 is 11.4 Å². The number of benzene rings is 3. The van der Waals surface area contributed by atoms with Crippen LogP contribution < -0.4 is 32.0 Å². The largest absolute Gasteiger partial charge is 0.497 e. The molecule has 7 rings (SSSR count). The lowest BCUT2D eigenvalue weighted by molar-refractivity contribution is -0.0932. The molecule has 0 aliphatic carbocycles. The van der Waals surface area contributed by atoms with Crippen LogP contribution in [0.25, 0.3) is 0 Å². The number of aromatic amines is 2. The van der Waals surface area contributed by atoms with E-state index in [0.29, 0.717) is 37.6 Å². The van der Waals surface area contributed by atoms with Gasteiger partial charge < -0.3 is 42.6 Å². The molecule has 4 heterocycles. The number of aromatic nitrogens is 4. The van der Waals surface area contributed by atoms with Crippen LogP contribution in [-0.4, -0.2) is 132 Å². The Morgan fingerprint density at radius 1 is 0.596 bits per heavy atom. The molecule has 89 heavy (non-hydrogen) atoms. The average Bonchev–Trinajstić information content (AvgIpc) is 1.90. The average molecular weight is 1250 g/mol. The molecule has 0 bridgehead atoms. The zero-order valence-electron chi connectivity index (χ0n) is 54.2. The topological polar surface area (TPSA) is 222 Å². The van der Waals surface area contributed by atoms with E-state index in [1.54, 1.807) is 28.4 Å². The van der Waals surface area contributed by atoms with Crippen LogP contribution in [0.2, 0.25) is 0 Å². The monoisotopic (exact) mass is 1250 g/mol. The van der Waals surface area contributed by atoms with Gasteiger partial charge in [0, 0.05) is 75.5 Å². The molecule has 5 aromatic rings. The lowest BCUT2D eigenvalue weighted by Gasteiger charge is -2.44. The Morgan fingerprint density at radius 3 is 1.51 bits per heavy atom.